The summed E-state index contributed by atoms with van der Waals surface area (Å²) in [5.41, 5.74) is 0.0407. The molecule has 2 aromatic carbocycles. The first-order chi connectivity index (χ1) is 14.3. The maximum Gasteiger partial charge on any atom is 0.416 e. The molecule has 0 atom stereocenters. The monoisotopic (exact) mass is 417 g/mol. The Hall–Kier alpha value is -3.16. The molecule has 1 aromatic heterocycles. The van der Waals surface area contributed by atoms with Crippen LogP contribution >= 0.6 is 0 Å². The molecule has 1 aliphatic carbocycles. The van der Waals surface area contributed by atoms with Gasteiger partial charge in [-0.05, 0) is 48.7 Å². The third kappa shape index (κ3) is 4.53. The van der Waals surface area contributed by atoms with E-state index >= 15 is 0 Å². The van der Waals surface area contributed by atoms with Gasteiger partial charge in [-0.1, -0.05) is 18.2 Å². The zero-order chi connectivity index (χ0) is 21.3. The topological polar surface area (TPSA) is 38.1 Å². The van der Waals surface area contributed by atoms with Crippen molar-refractivity contribution in [2.75, 3.05) is 0 Å². The number of hydrogen-bond acceptors (Lipinski definition) is 2. The van der Waals surface area contributed by atoms with Gasteiger partial charge >= 0.3 is 6.18 Å². The number of hydrogen-bond donors (Lipinski definition) is 0. The maximum absolute atomic E-state index is 13.5. The van der Waals surface area contributed by atoms with Crippen molar-refractivity contribution in [2.24, 2.45) is 0 Å². The van der Waals surface area contributed by atoms with Crippen LogP contribution in [0, 0.1) is 5.82 Å². The van der Waals surface area contributed by atoms with Crippen molar-refractivity contribution in [2.45, 2.75) is 38.1 Å². The Labute approximate surface area is 170 Å². The maximum atomic E-state index is 13.5. The molecule has 0 spiro atoms. The van der Waals surface area contributed by atoms with Crippen LogP contribution in [-0.2, 0) is 19.3 Å². The van der Waals surface area contributed by atoms with E-state index in [9.17, 15) is 22.4 Å². The molecule has 0 aliphatic heterocycles. The fourth-order valence-electron chi connectivity index (χ4n) is 3.37. The van der Waals surface area contributed by atoms with Gasteiger partial charge in [-0.25, -0.2) is 9.37 Å². The summed E-state index contributed by atoms with van der Waals surface area (Å²) < 4.78 is 54.2. The molecule has 0 N–H and O–H groups in total. The number of amides is 1. The molecule has 0 unspecified atom stereocenters. The lowest BCUT2D eigenvalue weighted by molar-refractivity contribution is -0.137. The largest absolute Gasteiger partial charge is 0.416 e. The molecule has 3 aromatic rings. The molecular weight excluding hydrogens is 398 g/mol. The Morgan fingerprint density at radius 3 is 2.60 bits per heavy atom. The van der Waals surface area contributed by atoms with E-state index in [2.05, 4.69) is 4.98 Å². The minimum Gasteiger partial charge on any atom is -0.329 e. The first-order valence-corrected chi connectivity index (χ1v) is 9.54. The Kier molecular flexibility index (Phi) is 5.32. The summed E-state index contributed by atoms with van der Waals surface area (Å²) in [6.07, 6.45) is 0.534. The van der Waals surface area contributed by atoms with Gasteiger partial charge < -0.3 is 9.47 Å². The molecule has 0 saturated heterocycles. The second-order valence-corrected chi connectivity index (χ2v) is 7.34. The summed E-state index contributed by atoms with van der Waals surface area (Å²) in [5, 5.41) is 0. The van der Waals surface area contributed by atoms with Gasteiger partial charge in [0, 0.05) is 30.5 Å². The SMILES string of the molecule is O=C(c1cccc(F)c1)N(Cc1nccn1Cc1cccc(C(F)(F)F)c1)C1CC1. The third-order valence-electron chi connectivity index (χ3n) is 5.04. The number of aromatic nitrogens is 2. The predicted octanol–water partition coefficient (Wildman–Crippen LogP) is 4.89. The van der Waals surface area contributed by atoms with E-state index in [1.807, 2.05) is 0 Å². The van der Waals surface area contributed by atoms with Crippen molar-refractivity contribution in [3.05, 3.63) is 89.3 Å². The van der Waals surface area contributed by atoms with Gasteiger partial charge in [-0.15, -0.1) is 0 Å². The van der Waals surface area contributed by atoms with Crippen molar-refractivity contribution >= 4 is 5.91 Å². The number of halogens is 4. The number of benzene rings is 2. The fourth-order valence-corrected chi connectivity index (χ4v) is 3.37. The molecule has 0 radical (unpaired) electrons. The lowest BCUT2D eigenvalue weighted by Gasteiger charge is -2.23. The number of rotatable bonds is 6. The van der Waals surface area contributed by atoms with Crippen molar-refractivity contribution < 1.29 is 22.4 Å². The summed E-state index contributed by atoms with van der Waals surface area (Å²) in [6, 6.07) is 10.7. The van der Waals surface area contributed by atoms with Crippen LogP contribution in [-0.4, -0.2) is 26.4 Å². The second kappa shape index (κ2) is 7.93. The van der Waals surface area contributed by atoms with Crippen LogP contribution in [0.5, 0.6) is 0 Å². The van der Waals surface area contributed by atoms with Gasteiger partial charge in [0.2, 0.25) is 0 Å². The van der Waals surface area contributed by atoms with Crippen LogP contribution in [0.4, 0.5) is 17.6 Å². The van der Waals surface area contributed by atoms with Crippen LogP contribution in [0.3, 0.4) is 0 Å². The van der Waals surface area contributed by atoms with Crippen LogP contribution in [0.25, 0.3) is 0 Å². The van der Waals surface area contributed by atoms with Crippen molar-refractivity contribution in [1.82, 2.24) is 14.5 Å². The van der Waals surface area contributed by atoms with Gasteiger partial charge in [-0.2, -0.15) is 13.2 Å². The lowest BCUT2D eigenvalue weighted by Crippen LogP contribution is -2.33. The Morgan fingerprint density at radius 1 is 1.13 bits per heavy atom. The molecule has 0 bridgehead atoms. The normalized spacial score (nSPS) is 14.0. The van der Waals surface area contributed by atoms with Crippen molar-refractivity contribution in [3.63, 3.8) is 0 Å². The van der Waals surface area contributed by atoms with Gasteiger partial charge in [0.05, 0.1) is 12.1 Å². The van der Waals surface area contributed by atoms with Crippen molar-refractivity contribution in [1.29, 1.82) is 0 Å². The highest BCUT2D eigenvalue weighted by Gasteiger charge is 2.34. The first kappa shape index (κ1) is 20.1. The minimum atomic E-state index is -4.41. The highest BCUT2D eigenvalue weighted by atomic mass is 19.4. The van der Waals surface area contributed by atoms with Crippen LogP contribution in [0.15, 0.2) is 60.9 Å². The molecule has 1 aliphatic rings. The van der Waals surface area contributed by atoms with Gasteiger partial charge in [0.25, 0.3) is 5.91 Å². The lowest BCUT2D eigenvalue weighted by atomic mass is 10.1. The number of carbonyl (C=O) groups is 1. The zero-order valence-corrected chi connectivity index (χ0v) is 15.9. The average molecular weight is 417 g/mol. The molecule has 156 valence electrons. The first-order valence-electron chi connectivity index (χ1n) is 9.54. The van der Waals surface area contributed by atoms with Crippen LogP contribution in [0.2, 0.25) is 0 Å². The van der Waals surface area contributed by atoms with E-state index in [-0.39, 0.29) is 30.6 Å². The molecule has 1 amide bonds. The average Bonchev–Trinajstić information content (AvgIpc) is 3.46. The molecular formula is C22H19F4N3O. The molecule has 4 rings (SSSR count). The van der Waals surface area contributed by atoms with E-state index < -0.39 is 17.6 Å². The third-order valence-corrected chi connectivity index (χ3v) is 5.04. The van der Waals surface area contributed by atoms with Crippen LogP contribution in [0.1, 0.15) is 40.2 Å². The number of imidazole rings is 1. The molecule has 1 heterocycles. The fraction of sp³-hybridized carbons (Fsp3) is 0.273. The quantitative estimate of drug-likeness (QED) is 0.536. The van der Waals surface area contributed by atoms with Gasteiger partial charge in [-0.3, -0.25) is 4.79 Å². The van der Waals surface area contributed by atoms with Gasteiger partial charge in [0.15, 0.2) is 0 Å². The highest BCUT2D eigenvalue weighted by molar-refractivity contribution is 5.94. The predicted molar refractivity (Wildman–Crippen MR) is 102 cm³/mol. The molecule has 30 heavy (non-hydrogen) atoms. The molecule has 1 saturated carbocycles. The van der Waals surface area contributed by atoms with E-state index in [1.54, 1.807) is 34.0 Å². The van der Waals surface area contributed by atoms with E-state index in [0.29, 0.717) is 11.4 Å². The van der Waals surface area contributed by atoms with E-state index in [4.69, 9.17) is 0 Å². The molecule has 1 fully saturated rings. The Bertz CT molecular complexity index is 1060. The Morgan fingerprint density at radius 2 is 1.90 bits per heavy atom. The molecule has 4 nitrogen and oxygen atoms in total. The standard InChI is InChI=1S/C22H19F4N3O/c23-18-6-2-4-16(12-18)21(30)29(19-7-8-19)14-20-27-9-10-28(20)13-15-3-1-5-17(11-15)22(24,25)26/h1-6,9-12,19H,7-8,13-14H2. The summed E-state index contributed by atoms with van der Waals surface area (Å²) in [5.74, 6) is -0.211. The summed E-state index contributed by atoms with van der Waals surface area (Å²) in [7, 11) is 0. The van der Waals surface area contributed by atoms with Crippen molar-refractivity contribution in [3.8, 4) is 0 Å². The highest BCUT2D eigenvalue weighted by Crippen LogP contribution is 2.31. The zero-order valence-electron chi connectivity index (χ0n) is 15.9. The van der Waals surface area contributed by atoms with Crippen LogP contribution < -0.4 is 0 Å². The number of carbonyl (C=O) groups excluding carboxylic acids is 1. The minimum absolute atomic E-state index is 0.0551. The Balaban J connectivity index is 1.54. The number of alkyl halides is 3. The van der Waals surface area contributed by atoms with Gasteiger partial charge in [0.1, 0.15) is 11.6 Å². The second-order valence-electron chi connectivity index (χ2n) is 7.34. The summed E-state index contributed by atoms with van der Waals surface area (Å²) in [6.45, 7) is 0.401. The summed E-state index contributed by atoms with van der Waals surface area (Å²) >= 11 is 0. The summed E-state index contributed by atoms with van der Waals surface area (Å²) in [4.78, 5) is 18.9. The van der Waals surface area contributed by atoms with E-state index in [1.165, 1.54) is 24.3 Å². The smallest absolute Gasteiger partial charge is 0.329 e. The number of nitrogens with zero attached hydrogens (tertiary/aromatic N) is 3. The van der Waals surface area contributed by atoms with E-state index in [0.717, 1.165) is 25.0 Å². The molecule has 8 heteroatoms.